The number of halogens is 3. The maximum Gasteiger partial charge on any atom is 0.573 e. The number of anilines is 1. The maximum atomic E-state index is 12.0. The molecule has 1 amide bonds. The second kappa shape index (κ2) is 7.08. The van der Waals surface area contributed by atoms with Crippen LogP contribution in [0.5, 0.6) is 5.75 Å². The van der Waals surface area contributed by atoms with Gasteiger partial charge in [-0.1, -0.05) is 23.5 Å². The fourth-order valence-electron chi connectivity index (χ4n) is 1.47. The highest BCUT2D eigenvalue weighted by molar-refractivity contribution is 8.39. The van der Waals surface area contributed by atoms with Crippen LogP contribution in [0.2, 0.25) is 0 Å². The van der Waals surface area contributed by atoms with E-state index in [1.165, 1.54) is 23.9 Å². The molecule has 0 aliphatic carbocycles. The zero-order chi connectivity index (χ0) is 15.3. The van der Waals surface area contributed by atoms with Crippen molar-refractivity contribution in [2.45, 2.75) is 6.36 Å². The van der Waals surface area contributed by atoms with Crippen molar-refractivity contribution in [2.75, 3.05) is 23.4 Å². The highest BCUT2D eigenvalue weighted by Crippen LogP contribution is 2.24. The summed E-state index contributed by atoms with van der Waals surface area (Å²) in [5.74, 6) is 0.586. The summed E-state index contributed by atoms with van der Waals surface area (Å²) in [5.41, 5.74) is 0.413. The van der Waals surface area contributed by atoms with Crippen LogP contribution < -0.4 is 10.1 Å². The quantitative estimate of drug-likeness (QED) is 0.916. The van der Waals surface area contributed by atoms with E-state index in [0.717, 1.165) is 28.8 Å². The summed E-state index contributed by atoms with van der Waals surface area (Å²) in [6.07, 6.45) is -4.72. The fourth-order valence-corrected chi connectivity index (χ4v) is 3.28. The Bertz CT molecular complexity index is 532. The molecular weight excluding hydrogens is 325 g/mol. The van der Waals surface area contributed by atoms with Crippen molar-refractivity contribution in [3.8, 4) is 5.75 Å². The number of nitrogens with zero attached hydrogens (tertiary/aromatic N) is 1. The van der Waals surface area contributed by atoms with E-state index in [4.69, 9.17) is 0 Å². The van der Waals surface area contributed by atoms with Gasteiger partial charge in [-0.2, -0.15) is 0 Å². The number of alkyl halides is 3. The van der Waals surface area contributed by atoms with Crippen LogP contribution in [0.4, 0.5) is 18.9 Å². The molecule has 1 aromatic rings. The Labute approximate surface area is 127 Å². The van der Waals surface area contributed by atoms with Gasteiger partial charge >= 0.3 is 6.36 Å². The van der Waals surface area contributed by atoms with Crippen molar-refractivity contribution in [1.82, 2.24) is 0 Å². The van der Waals surface area contributed by atoms with E-state index >= 15 is 0 Å². The smallest absolute Gasteiger partial charge is 0.406 e. The third kappa shape index (κ3) is 5.88. The summed E-state index contributed by atoms with van der Waals surface area (Å²) in [4.78, 5) is 15.9. The third-order valence-electron chi connectivity index (χ3n) is 2.26. The lowest BCUT2D eigenvalue weighted by Gasteiger charge is -2.09. The van der Waals surface area contributed by atoms with Gasteiger partial charge in [0.15, 0.2) is 0 Å². The number of thioether (sulfide) groups is 2. The zero-order valence-electron chi connectivity index (χ0n) is 10.6. The molecule has 0 aromatic heterocycles. The van der Waals surface area contributed by atoms with Crippen LogP contribution in [-0.4, -0.2) is 34.7 Å². The Morgan fingerprint density at radius 3 is 2.67 bits per heavy atom. The van der Waals surface area contributed by atoms with Crippen LogP contribution >= 0.6 is 23.5 Å². The lowest BCUT2D eigenvalue weighted by atomic mass is 10.3. The molecule has 1 aliphatic heterocycles. The number of nitrogens with one attached hydrogen (secondary N) is 1. The highest BCUT2D eigenvalue weighted by atomic mass is 32.2. The molecule has 2 rings (SSSR count). The molecule has 0 saturated carbocycles. The maximum absolute atomic E-state index is 12.0. The topological polar surface area (TPSA) is 50.7 Å². The normalized spacial score (nSPS) is 14.7. The second-order valence-corrected chi connectivity index (χ2v) is 6.21. The summed E-state index contributed by atoms with van der Waals surface area (Å²) in [5, 5.41) is 2.60. The highest BCUT2D eigenvalue weighted by Gasteiger charge is 2.30. The molecule has 21 heavy (non-hydrogen) atoms. The van der Waals surface area contributed by atoms with Gasteiger partial charge in [-0.15, -0.1) is 13.2 Å². The van der Waals surface area contributed by atoms with Crippen LogP contribution in [-0.2, 0) is 4.79 Å². The lowest BCUT2D eigenvalue weighted by molar-refractivity contribution is -0.274. The molecule has 4 nitrogen and oxygen atoms in total. The minimum Gasteiger partial charge on any atom is -0.406 e. The van der Waals surface area contributed by atoms with Crippen molar-refractivity contribution < 1.29 is 22.7 Å². The van der Waals surface area contributed by atoms with Crippen molar-refractivity contribution in [1.29, 1.82) is 0 Å². The molecule has 0 atom stereocenters. The van der Waals surface area contributed by atoms with Gasteiger partial charge < -0.3 is 10.1 Å². The minimum atomic E-state index is -4.72. The average Bonchev–Trinajstić information content (AvgIpc) is 2.90. The van der Waals surface area contributed by atoms with Crippen LogP contribution in [0, 0.1) is 0 Å². The van der Waals surface area contributed by atoms with Gasteiger partial charge in [-0.05, 0) is 24.3 Å². The number of carbonyl (C=O) groups excluding carboxylic acids is 1. The fraction of sp³-hybridized carbons (Fsp3) is 0.333. The van der Waals surface area contributed by atoms with Gasteiger partial charge in [-0.3, -0.25) is 9.79 Å². The first-order valence-electron chi connectivity index (χ1n) is 5.88. The first-order valence-corrected chi connectivity index (χ1v) is 7.85. The first-order chi connectivity index (χ1) is 9.92. The first kappa shape index (κ1) is 16.0. The molecule has 0 radical (unpaired) electrons. The predicted molar refractivity (Wildman–Crippen MR) is 79.0 cm³/mol. The number of aliphatic imine (C=N–C) groups is 1. The number of rotatable bonds is 4. The van der Waals surface area contributed by atoms with Crippen LogP contribution in [0.15, 0.2) is 29.3 Å². The molecule has 1 aromatic carbocycles. The molecule has 0 fully saturated rings. The van der Waals surface area contributed by atoms with Gasteiger partial charge in [0.2, 0.25) is 5.91 Å². The average molecular weight is 336 g/mol. The van der Waals surface area contributed by atoms with Crippen molar-refractivity contribution in [3.63, 3.8) is 0 Å². The van der Waals surface area contributed by atoms with Crippen LogP contribution in [0.3, 0.4) is 0 Å². The molecule has 0 bridgehead atoms. The molecule has 0 saturated heterocycles. The molecule has 0 unspecified atom stereocenters. The van der Waals surface area contributed by atoms with E-state index in [9.17, 15) is 18.0 Å². The molecular formula is C12H11F3N2O2S2. The summed E-state index contributed by atoms with van der Waals surface area (Å²) < 4.78 is 40.6. The van der Waals surface area contributed by atoms with E-state index in [1.54, 1.807) is 11.8 Å². The molecule has 1 aliphatic rings. The summed E-state index contributed by atoms with van der Waals surface area (Å²) in [6.45, 7) is 0.773. The Kier molecular flexibility index (Phi) is 5.40. The number of hydrogen-bond acceptors (Lipinski definition) is 5. The van der Waals surface area contributed by atoms with E-state index in [2.05, 4.69) is 15.0 Å². The SMILES string of the molecule is O=C(CSC1=NCCS1)Nc1ccc(OC(F)(F)F)cc1. The number of ether oxygens (including phenoxy) is 1. The Balaban J connectivity index is 1.80. The minimum absolute atomic E-state index is 0.215. The van der Waals surface area contributed by atoms with Gasteiger partial charge in [0, 0.05) is 11.4 Å². The van der Waals surface area contributed by atoms with E-state index in [1.807, 2.05) is 0 Å². The van der Waals surface area contributed by atoms with Crippen molar-refractivity contribution in [2.24, 2.45) is 4.99 Å². The standard InChI is InChI=1S/C12H11F3N2O2S2/c13-12(14,15)19-9-3-1-8(2-4-9)17-10(18)7-21-11-16-5-6-20-11/h1-4H,5-7H2,(H,17,18). The summed E-state index contributed by atoms with van der Waals surface area (Å²) in [6, 6.07) is 5.00. The van der Waals surface area contributed by atoms with E-state index in [0.29, 0.717) is 5.69 Å². The van der Waals surface area contributed by atoms with Gasteiger partial charge in [-0.25, -0.2) is 0 Å². The number of carbonyl (C=O) groups is 1. The molecule has 1 heterocycles. The number of benzene rings is 1. The van der Waals surface area contributed by atoms with Gasteiger partial charge in [0.05, 0.1) is 12.3 Å². The van der Waals surface area contributed by atoms with Crippen molar-refractivity contribution >= 4 is 39.5 Å². The third-order valence-corrected chi connectivity index (χ3v) is 4.51. The predicted octanol–water partition coefficient (Wildman–Crippen LogP) is 3.36. The molecule has 114 valence electrons. The number of hydrogen-bond donors (Lipinski definition) is 1. The largest absolute Gasteiger partial charge is 0.573 e. The molecule has 1 N–H and O–H groups in total. The Hall–Kier alpha value is -1.35. The van der Waals surface area contributed by atoms with E-state index < -0.39 is 6.36 Å². The van der Waals surface area contributed by atoms with Gasteiger partial charge in [0.25, 0.3) is 0 Å². The van der Waals surface area contributed by atoms with Gasteiger partial charge in [0.1, 0.15) is 10.1 Å². The summed E-state index contributed by atoms with van der Waals surface area (Å²) >= 11 is 2.96. The Morgan fingerprint density at radius 2 is 2.10 bits per heavy atom. The lowest BCUT2D eigenvalue weighted by Crippen LogP contribution is -2.17. The zero-order valence-corrected chi connectivity index (χ0v) is 12.3. The monoisotopic (exact) mass is 336 g/mol. The van der Waals surface area contributed by atoms with Crippen LogP contribution in [0.1, 0.15) is 0 Å². The second-order valence-electron chi connectivity index (χ2n) is 3.91. The molecule has 0 spiro atoms. The Morgan fingerprint density at radius 1 is 1.38 bits per heavy atom. The number of amides is 1. The molecule has 9 heteroatoms. The summed E-state index contributed by atoms with van der Waals surface area (Å²) in [7, 11) is 0. The van der Waals surface area contributed by atoms with E-state index in [-0.39, 0.29) is 17.4 Å². The van der Waals surface area contributed by atoms with Crippen molar-refractivity contribution in [3.05, 3.63) is 24.3 Å². The van der Waals surface area contributed by atoms with Crippen LogP contribution in [0.25, 0.3) is 0 Å².